The van der Waals surface area contributed by atoms with Crippen LogP contribution >= 0.6 is 11.6 Å². The van der Waals surface area contributed by atoms with Crippen molar-refractivity contribution in [3.8, 4) is 11.3 Å². The summed E-state index contributed by atoms with van der Waals surface area (Å²) in [6.45, 7) is 3.38. The molecule has 6 rings (SSSR count). The Morgan fingerprint density at radius 2 is 1.74 bits per heavy atom. The molecular weight excluding hydrogens is 552 g/mol. The van der Waals surface area contributed by atoms with Crippen LogP contribution in [0, 0.1) is 24.7 Å². The molecule has 210 valence electrons. The Kier molecular flexibility index (Phi) is 7.21. The van der Waals surface area contributed by atoms with Crippen LogP contribution < -0.4 is 4.90 Å². The molecule has 0 spiro atoms. The summed E-state index contributed by atoms with van der Waals surface area (Å²) in [5.41, 5.74) is 3.56. The Bertz CT molecular complexity index is 1780. The number of allylic oxidation sites excluding steroid dienone is 2. The van der Waals surface area contributed by atoms with Gasteiger partial charge in [0, 0.05) is 21.5 Å². The molecule has 1 aliphatic heterocycles. The van der Waals surface area contributed by atoms with Gasteiger partial charge in [0.05, 0.1) is 34.3 Å². The van der Waals surface area contributed by atoms with Gasteiger partial charge in [0.25, 0.3) is 0 Å². The third kappa shape index (κ3) is 4.80. The van der Waals surface area contributed by atoms with Crippen LogP contribution in [0.1, 0.15) is 39.6 Å². The Labute approximate surface area is 247 Å². The number of carbonyl (C=O) groups is 4. The van der Waals surface area contributed by atoms with Crippen molar-refractivity contribution in [2.45, 2.75) is 20.3 Å². The summed E-state index contributed by atoms with van der Waals surface area (Å²) in [6.07, 6.45) is 4.54. The van der Waals surface area contributed by atoms with Gasteiger partial charge in [0.1, 0.15) is 0 Å². The SMILES string of the molecule is Cc1c(Cl)ccc2c(C(=O)OCC(=O)c3ccccc3)cc(-c3ccc(N4C(=O)C5CC=CC(C)C5C4=O)cc3)nc12. The Hall–Kier alpha value is -4.62. The fourth-order valence-electron chi connectivity index (χ4n) is 5.82. The molecule has 0 bridgehead atoms. The standard InChI is InChI=1S/C34H27ClN2O5/c1-19-7-6-10-25-30(19)33(40)37(32(25)39)23-13-11-21(12-14-23)28-17-26(24-15-16-27(35)20(2)31(24)36-28)34(41)42-18-29(38)22-8-4-3-5-9-22/h3-9,11-17,19,25,30H,10,18H2,1-2H3. The first-order valence-electron chi connectivity index (χ1n) is 13.7. The normalized spacial score (nSPS) is 19.7. The number of rotatable bonds is 6. The number of aryl methyl sites for hydroxylation is 1. The number of ether oxygens (including phenoxy) is 1. The third-order valence-electron chi connectivity index (χ3n) is 8.11. The van der Waals surface area contributed by atoms with Crippen LogP contribution in [0.5, 0.6) is 0 Å². The second-order valence-electron chi connectivity index (χ2n) is 10.7. The van der Waals surface area contributed by atoms with E-state index < -0.39 is 12.6 Å². The minimum Gasteiger partial charge on any atom is -0.454 e. The zero-order valence-corrected chi connectivity index (χ0v) is 23.8. The monoisotopic (exact) mass is 578 g/mol. The van der Waals surface area contributed by atoms with E-state index in [1.807, 2.05) is 26.0 Å². The molecule has 1 saturated heterocycles. The number of hydrogen-bond donors (Lipinski definition) is 0. The van der Waals surface area contributed by atoms with Gasteiger partial charge in [-0.15, -0.1) is 0 Å². The van der Waals surface area contributed by atoms with E-state index in [0.29, 0.717) is 50.4 Å². The highest BCUT2D eigenvalue weighted by Crippen LogP contribution is 2.41. The molecule has 3 atom stereocenters. The Balaban J connectivity index is 1.32. The lowest BCUT2D eigenvalue weighted by atomic mass is 9.78. The molecule has 2 amide bonds. The summed E-state index contributed by atoms with van der Waals surface area (Å²) in [7, 11) is 0. The predicted octanol–water partition coefficient (Wildman–Crippen LogP) is 6.60. The highest BCUT2D eigenvalue weighted by Gasteiger charge is 2.50. The van der Waals surface area contributed by atoms with E-state index in [9.17, 15) is 19.2 Å². The zero-order valence-electron chi connectivity index (χ0n) is 23.0. The summed E-state index contributed by atoms with van der Waals surface area (Å²) < 4.78 is 5.44. The summed E-state index contributed by atoms with van der Waals surface area (Å²) in [4.78, 5) is 58.3. The largest absolute Gasteiger partial charge is 0.454 e. The number of nitrogens with zero attached hydrogens (tertiary/aromatic N) is 2. The van der Waals surface area contributed by atoms with Gasteiger partial charge in [-0.2, -0.15) is 0 Å². The molecule has 2 heterocycles. The third-order valence-corrected chi connectivity index (χ3v) is 8.52. The summed E-state index contributed by atoms with van der Waals surface area (Å²) in [5.74, 6) is -2.02. The van der Waals surface area contributed by atoms with Crippen LogP contribution in [-0.2, 0) is 14.3 Å². The van der Waals surface area contributed by atoms with Gasteiger partial charge >= 0.3 is 5.97 Å². The molecule has 0 N–H and O–H groups in total. The molecule has 3 aromatic carbocycles. The first-order valence-corrected chi connectivity index (χ1v) is 14.1. The first-order chi connectivity index (χ1) is 20.2. The topological polar surface area (TPSA) is 93.6 Å². The van der Waals surface area contributed by atoms with Crippen LogP contribution in [0.4, 0.5) is 5.69 Å². The molecule has 0 saturated carbocycles. The van der Waals surface area contributed by atoms with E-state index in [0.717, 1.165) is 0 Å². The molecule has 3 unspecified atom stereocenters. The molecule has 2 aliphatic rings. The second-order valence-corrected chi connectivity index (χ2v) is 11.1. The van der Waals surface area contributed by atoms with E-state index in [-0.39, 0.29) is 40.9 Å². The fraction of sp³-hybridized carbons (Fsp3) is 0.206. The number of hydrogen-bond acceptors (Lipinski definition) is 6. The number of Topliss-reactive ketones (excluding diaryl/α,β-unsaturated/α-hetero) is 1. The molecule has 1 aromatic heterocycles. The number of imide groups is 1. The van der Waals surface area contributed by atoms with E-state index in [2.05, 4.69) is 0 Å². The van der Waals surface area contributed by atoms with Gasteiger partial charge in [-0.1, -0.05) is 79.2 Å². The second kappa shape index (κ2) is 11.0. The highest BCUT2D eigenvalue weighted by molar-refractivity contribution is 6.32. The van der Waals surface area contributed by atoms with Crippen molar-refractivity contribution in [1.82, 2.24) is 4.98 Å². The molecule has 4 aromatic rings. The maximum absolute atomic E-state index is 13.3. The minimum atomic E-state index is -0.662. The number of halogens is 1. The first kappa shape index (κ1) is 27.5. The van der Waals surface area contributed by atoms with E-state index in [4.69, 9.17) is 21.3 Å². The number of benzene rings is 3. The van der Waals surface area contributed by atoms with E-state index in [1.54, 1.807) is 72.8 Å². The lowest BCUT2D eigenvalue weighted by molar-refractivity contribution is -0.122. The van der Waals surface area contributed by atoms with Gasteiger partial charge in [0.2, 0.25) is 11.8 Å². The van der Waals surface area contributed by atoms with Gasteiger partial charge in [-0.25, -0.2) is 9.78 Å². The van der Waals surface area contributed by atoms with Gasteiger partial charge in [-0.05, 0) is 49.1 Å². The maximum atomic E-state index is 13.3. The number of pyridine rings is 1. The molecule has 8 heteroatoms. The molecule has 42 heavy (non-hydrogen) atoms. The van der Waals surface area contributed by atoms with Gasteiger partial charge in [-0.3, -0.25) is 19.3 Å². The van der Waals surface area contributed by atoms with Crippen molar-refractivity contribution in [1.29, 1.82) is 0 Å². The van der Waals surface area contributed by atoms with Crippen LogP contribution in [0.2, 0.25) is 5.02 Å². The van der Waals surface area contributed by atoms with Crippen LogP contribution in [-0.4, -0.2) is 35.2 Å². The maximum Gasteiger partial charge on any atom is 0.339 e. The van der Waals surface area contributed by atoms with Crippen molar-refractivity contribution < 1.29 is 23.9 Å². The number of ketones is 1. The number of aromatic nitrogens is 1. The average molecular weight is 579 g/mol. The number of esters is 1. The molecule has 0 radical (unpaired) electrons. The van der Waals surface area contributed by atoms with Crippen molar-refractivity contribution >= 4 is 51.8 Å². The van der Waals surface area contributed by atoms with Gasteiger partial charge < -0.3 is 4.74 Å². The average Bonchev–Trinajstić information content (AvgIpc) is 3.27. The van der Waals surface area contributed by atoms with Crippen molar-refractivity contribution in [3.05, 3.63) is 107 Å². The van der Waals surface area contributed by atoms with E-state index in [1.165, 1.54) is 4.90 Å². The van der Waals surface area contributed by atoms with Crippen molar-refractivity contribution in [2.75, 3.05) is 11.5 Å². The minimum absolute atomic E-state index is 0.00232. The molecular formula is C34H27ClN2O5. The zero-order chi connectivity index (χ0) is 29.5. The molecule has 1 aliphatic carbocycles. The summed E-state index contributed by atoms with van der Waals surface area (Å²) in [5, 5.41) is 1.05. The quantitative estimate of drug-likeness (QED) is 0.111. The number of amides is 2. The fourth-order valence-corrected chi connectivity index (χ4v) is 5.97. The summed E-state index contributed by atoms with van der Waals surface area (Å²) >= 11 is 6.40. The number of fused-ring (bicyclic) bond motifs is 2. The molecule has 7 nitrogen and oxygen atoms in total. The van der Waals surface area contributed by atoms with Crippen LogP contribution in [0.15, 0.2) is 84.9 Å². The smallest absolute Gasteiger partial charge is 0.339 e. The Morgan fingerprint density at radius 1 is 1.00 bits per heavy atom. The van der Waals surface area contributed by atoms with Crippen molar-refractivity contribution in [2.24, 2.45) is 17.8 Å². The van der Waals surface area contributed by atoms with Gasteiger partial charge in [0.15, 0.2) is 12.4 Å². The van der Waals surface area contributed by atoms with E-state index >= 15 is 0 Å². The van der Waals surface area contributed by atoms with Crippen molar-refractivity contribution in [3.63, 3.8) is 0 Å². The summed E-state index contributed by atoms with van der Waals surface area (Å²) in [6, 6.07) is 20.6. The number of anilines is 1. The van der Waals surface area contributed by atoms with Crippen LogP contribution in [0.25, 0.3) is 22.2 Å². The lowest BCUT2D eigenvalue weighted by Gasteiger charge is -2.22. The lowest BCUT2D eigenvalue weighted by Crippen LogP contribution is -2.31. The highest BCUT2D eigenvalue weighted by atomic mass is 35.5. The number of carbonyl (C=O) groups excluding carboxylic acids is 4. The Morgan fingerprint density at radius 3 is 2.45 bits per heavy atom. The predicted molar refractivity (Wildman–Crippen MR) is 160 cm³/mol. The molecule has 1 fully saturated rings. The van der Waals surface area contributed by atoms with Crippen LogP contribution in [0.3, 0.4) is 0 Å².